The van der Waals surface area contributed by atoms with Gasteiger partial charge in [0.2, 0.25) is 0 Å². The van der Waals surface area contributed by atoms with Gasteiger partial charge in [-0.3, -0.25) is 4.79 Å². The number of esters is 2. The minimum atomic E-state index is -0.399. The molecule has 1 saturated carbocycles. The van der Waals surface area contributed by atoms with Gasteiger partial charge in [-0.2, -0.15) is 0 Å². The van der Waals surface area contributed by atoms with Crippen molar-refractivity contribution in [3.8, 4) is 0 Å². The molecule has 6 nitrogen and oxygen atoms in total. The molecule has 23 heavy (non-hydrogen) atoms. The molecule has 3 aliphatic rings. The molecule has 2 heterocycles. The fraction of sp³-hybridized carbons (Fsp3) is 0.529. The first-order valence-electron chi connectivity index (χ1n) is 7.89. The lowest BCUT2D eigenvalue weighted by molar-refractivity contribution is -0.142. The average molecular weight is 318 g/mol. The van der Waals surface area contributed by atoms with Crippen LogP contribution in [0.25, 0.3) is 0 Å². The predicted molar refractivity (Wildman–Crippen MR) is 77.7 cm³/mol. The van der Waals surface area contributed by atoms with Crippen molar-refractivity contribution in [3.05, 3.63) is 35.9 Å². The minimum absolute atomic E-state index is 0.0465. The fourth-order valence-electron chi connectivity index (χ4n) is 3.33. The smallest absolute Gasteiger partial charge is 0.338 e. The summed E-state index contributed by atoms with van der Waals surface area (Å²) in [5.74, 6) is -0.628. The van der Waals surface area contributed by atoms with Gasteiger partial charge in [-0.1, -0.05) is 18.2 Å². The van der Waals surface area contributed by atoms with Crippen LogP contribution in [0.3, 0.4) is 0 Å². The van der Waals surface area contributed by atoms with Crippen LogP contribution in [0.5, 0.6) is 0 Å². The third-order valence-corrected chi connectivity index (χ3v) is 4.56. The Morgan fingerprint density at radius 2 is 2.04 bits per heavy atom. The zero-order valence-corrected chi connectivity index (χ0v) is 12.6. The molecule has 2 saturated heterocycles. The van der Waals surface area contributed by atoms with Crippen LogP contribution in [0.4, 0.5) is 0 Å². The molecule has 0 radical (unpaired) electrons. The van der Waals surface area contributed by atoms with Gasteiger partial charge >= 0.3 is 11.9 Å². The lowest BCUT2D eigenvalue weighted by Crippen LogP contribution is -2.34. The van der Waals surface area contributed by atoms with E-state index in [1.165, 1.54) is 0 Å². The molecule has 0 amide bonds. The summed E-state index contributed by atoms with van der Waals surface area (Å²) in [7, 11) is 0. The van der Waals surface area contributed by atoms with Crippen LogP contribution >= 0.6 is 0 Å². The summed E-state index contributed by atoms with van der Waals surface area (Å²) in [5, 5.41) is 0. The highest BCUT2D eigenvalue weighted by molar-refractivity contribution is 5.89. The van der Waals surface area contributed by atoms with Crippen LogP contribution in [0, 0.1) is 5.92 Å². The standard InChI is InChI=1S/C17H18O6/c18-15-6-12-13(22-15)7-14(16(12)21-9-11-8-20-11)23-17(19)10-4-2-1-3-5-10/h1-5,11-14,16H,6-9H2. The van der Waals surface area contributed by atoms with Gasteiger partial charge in [-0.05, 0) is 12.1 Å². The van der Waals surface area contributed by atoms with Gasteiger partial charge in [0, 0.05) is 12.3 Å². The van der Waals surface area contributed by atoms with Crippen LogP contribution in [-0.2, 0) is 23.7 Å². The Bertz CT molecular complexity index is 596. The highest BCUT2D eigenvalue weighted by Crippen LogP contribution is 2.40. The summed E-state index contributed by atoms with van der Waals surface area (Å²) >= 11 is 0. The largest absolute Gasteiger partial charge is 0.462 e. The Kier molecular flexibility index (Phi) is 3.79. The second kappa shape index (κ2) is 5.94. The molecule has 0 N–H and O–H groups in total. The first kappa shape index (κ1) is 14.7. The van der Waals surface area contributed by atoms with E-state index in [1.807, 2.05) is 6.07 Å². The highest BCUT2D eigenvalue weighted by atomic mass is 16.6. The predicted octanol–water partition coefficient (Wildman–Crippen LogP) is 1.33. The lowest BCUT2D eigenvalue weighted by Gasteiger charge is -2.23. The Balaban J connectivity index is 1.45. The average Bonchev–Trinajstić information content (AvgIpc) is 3.24. The Morgan fingerprint density at radius 1 is 1.26 bits per heavy atom. The third-order valence-electron chi connectivity index (χ3n) is 4.56. The minimum Gasteiger partial charge on any atom is -0.462 e. The second-order valence-corrected chi connectivity index (χ2v) is 6.20. The maximum absolute atomic E-state index is 12.3. The molecule has 2 aliphatic heterocycles. The summed E-state index contributed by atoms with van der Waals surface area (Å²) in [6, 6.07) is 8.86. The molecule has 0 aromatic heterocycles. The van der Waals surface area contributed by atoms with Gasteiger partial charge in [0.25, 0.3) is 0 Å². The van der Waals surface area contributed by atoms with E-state index in [4.69, 9.17) is 18.9 Å². The summed E-state index contributed by atoms with van der Waals surface area (Å²) in [4.78, 5) is 23.8. The molecule has 0 bridgehead atoms. The van der Waals surface area contributed by atoms with Crippen molar-refractivity contribution in [2.75, 3.05) is 13.2 Å². The number of carbonyl (C=O) groups excluding carboxylic acids is 2. The van der Waals surface area contributed by atoms with Crippen LogP contribution < -0.4 is 0 Å². The van der Waals surface area contributed by atoms with Crippen LogP contribution in [0.15, 0.2) is 30.3 Å². The molecular formula is C17H18O6. The molecule has 122 valence electrons. The van der Waals surface area contributed by atoms with Crippen LogP contribution in [0.1, 0.15) is 23.2 Å². The molecule has 5 unspecified atom stereocenters. The van der Waals surface area contributed by atoms with Gasteiger partial charge in [-0.25, -0.2) is 4.79 Å². The first-order valence-corrected chi connectivity index (χ1v) is 7.89. The molecule has 3 fully saturated rings. The second-order valence-electron chi connectivity index (χ2n) is 6.20. The number of hydrogen-bond acceptors (Lipinski definition) is 6. The monoisotopic (exact) mass is 318 g/mol. The number of fused-ring (bicyclic) bond motifs is 1. The highest BCUT2D eigenvalue weighted by Gasteiger charge is 2.53. The third kappa shape index (κ3) is 3.09. The maximum atomic E-state index is 12.3. The van der Waals surface area contributed by atoms with Gasteiger partial charge in [-0.15, -0.1) is 0 Å². The molecule has 1 aliphatic carbocycles. The van der Waals surface area contributed by atoms with E-state index in [9.17, 15) is 9.59 Å². The lowest BCUT2D eigenvalue weighted by atomic mass is 10.0. The van der Waals surface area contributed by atoms with E-state index < -0.39 is 6.10 Å². The molecule has 1 aromatic carbocycles. The quantitative estimate of drug-likeness (QED) is 0.602. The van der Waals surface area contributed by atoms with E-state index in [-0.39, 0.29) is 36.2 Å². The summed E-state index contributed by atoms with van der Waals surface area (Å²) in [6.45, 7) is 1.16. The van der Waals surface area contributed by atoms with E-state index in [0.29, 0.717) is 31.6 Å². The van der Waals surface area contributed by atoms with E-state index in [2.05, 4.69) is 0 Å². The number of ether oxygens (including phenoxy) is 4. The molecule has 5 atom stereocenters. The Labute approximate surface area is 133 Å². The van der Waals surface area contributed by atoms with Crippen molar-refractivity contribution in [2.45, 2.75) is 37.3 Å². The molecule has 6 heteroatoms. The Hall–Kier alpha value is -1.92. The van der Waals surface area contributed by atoms with Crippen molar-refractivity contribution in [1.29, 1.82) is 0 Å². The van der Waals surface area contributed by atoms with Gasteiger partial charge in [0.05, 0.1) is 25.2 Å². The van der Waals surface area contributed by atoms with E-state index in [1.54, 1.807) is 24.3 Å². The molecule has 1 aromatic rings. The molecule has 4 rings (SSSR count). The molecule has 0 spiro atoms. The summed E-state index contributed by atoms with van der Waals surface area (Å²) < 4.78 is 22.0. The summed E-state index contributed by atoms with van der Waals surface area (Å²) in [5.41, 5.74) is 0.505. The number of epoxide rings is 1. The van der Waals surface area contributed by atoms with Crippen molar-refractivity contribution in [1.82, 2.24) is 0 Å². The fourth-order valence-corrected chi connectivity index (χ4v) is 3.33. The van der Waals surface area contributed by atoms with Gasteiger partial charge in [0.15, 0.2) is 0 Å². The topological polar surface area (TPSA) is 74.4 Å². The Morgan fingerprint density at radius 3 is 2.78 bits per heavy atom. The van der Waals surface area contributed by atoms with Crippen molar-refractivity contribution < 1.29 is 28.5 Å². The zero-order chi connectivity index (χ0) is 15.8. The normalized spacial score (nSPS) is 34.8. The number of benzene rings is 1. The van der Waals surface area contributed by atoms with E-state index >= 15 is 0 Å². The first-order chi connectivity index (χ1) is 11.2. The number of rotatable bonds is 5. The van der Waals surface area contributed by atoms with Crippen molar-refractivity contribution in [2.24, 2.45) is 5.92 Å². The van der Waals surface area contributed by atoms with E-state index in [0.717, 1.165) is 0 Å². The zero-order valence-electron chi connectivity index (χ0n) is 12.6. The van der Waals surface area contributed by atoms with Crippen LogP contribution in [0.2, 0.25) is 0 Å². The number of hydrogen-bond donors (Lipinski definition) is 0. The number of carbonyl (C=O) groups is 2. The maximum Gasteiger partial charge on any atom is 0.338 e. The SMILES string of the molecule is O=C1CC2C(CC(OC(=O)c3ccccc3)C2OCC2CO2)O1. The van der Waals surface area contributed by atoms with Crippen molar-refractivity contribution >= 4 is 11.9 Å². The molecular weight excluding hydrogens is 300 g/mol. The van der Waals surface area contributed by atoms with Crippen molar-refractivity contribution in [3.63, 3.8) is 0 Å². The van der Waals surface area contributed by atoms with Gasteiger partial charge in [0.1, 0.15) is 24.4 Å². The van der Waals surface area contributed by atoms with Crippen LogP contribution in [-0.4, -0.2) is 49.6 Å². The summed E-state index contributed by atoms with van der Waals surface area (Å²) in [6.07, 6.45) is -0.00240. The van der Waals surface area contributed by atoms with Gasteiger partial charge < -0.3 is 18.9 Å².